The molecule has 2 aliphatic rings. The van der Waals surface area contributed by atoms with Crippen LogP contribution in [-0.2, 0) is 20.7 Å². The van der Waals surface area contributed by atoms with Crippen molar-refractivity contribution in [1.82, 2.24) is 4.90 Å². The highest BCUT2D eigenvalue weighted by Crippen LogP contribution is 2.14. The van der Waals surface area contributed by atoms with Crippen LogP contribution in [-0.4, -0.2) is 81.3 Å². The second-order valence-corrected chi connectivity index (χ2v) is 8.46. The van der Waals surface area contributed by atoms with E-state index in [1.807, 2.05) is 29.2 Å². The number of rotatable bonds is 6. The van der Waals surface area contributed by atoms with Crippen LogP contribution in [0, 0.1) is 0 Å². The first kappa shape index (κ1) is 21.7. The fourth-order valence-electron chi connectivity index (χ4n) is 4.48. The summed E-state index contributed by atoms with van der Waals surface area (Å²) < 4.78 is 5.76. The van der Waals surface area contributed by atoms with Crippen molar-refractivity contribution in [2.45, 2.75) is 39.4 Å². The highest BCUT2D eigenvalue weighted by Gasteiger charge is 2.31. The van der Waals surface area contributed by atoms with Gasteiger partial charge in [0.15, 0.2) is 13.1 Å². The van der Waals surface area contributed by atoms with E-state index in [1.54, 1.807) is 0 Å². The van der Waals surface area contributed by atoms with E-state index in [1.165, 1.54) is 9.80 Å². The number of carbonyl (C=O) groups is 2. The van der Waals surface area contributed by atoms with Crippen LogP contribution in [0.2, 0.25) is 0 Å². The lowest BCUT2D eigenvalue weighted by molar-refractivity contribution is -0.908. The standard InChI is InChI=1S/C22H34N4O3/c1-4-19-7-5-6-8-20(19)23-21(27)15-24-9-11-26(12-10-24)22(28)16-25-13-17(2)29-18(3)14-25/h5-8,17-18H,4,9-16H2,1-3H3,(H,23,27)/p+2/t17-,18+. The third-order valence-electron chi connectivity index (χ3n) is 5.92. The second-order valence-electron chi connectivity index (χ2n) is 8.46. The fraction of sp³-hybridized carbons (Fsp3) is 0.636. The molecule has 1 aromatic carbocycles. The number of anilines is 1. The Balaban J connectivity index is 1.41. The van der Waals surface area contributed by atoms with E-state index in [-0.39, 0.29) is 24.0 Å². The Labute approximate surface area is 174 Å². The van der Waals surface area contributed by atoms with Crippen molar-refractivity contribution < 1.29 is 24.1 Å². The summed E-state index contributed by atoms with van der Waals surface area (Å²) in [7, 11) is 0. The maximum absolute atomic E-state index is 12.7. The second kappa shape index (κ2) is 10.2. The molecule has 0 aliphatic carbocycles. The zero-order valence-corrected chi connectivity index (χ0v) is 18.0. The number of ether oxygens (including phenoxy) is 1. The van der Waals surface area contributed by atoms with Crippen molar-refractivity contribution in [3.8, 4) is 0 Å². The number of hydrogen-bond donors (Lipinski definition) is 3. The molecule has 3 N–H and O–H groups in total. The largest absolute Gasteiger partial charge is 0.364 e. The Morgan fingerprint density at radius 3 is 2.38 bits per heavy atom. The summed E-state index contributed by atoms with van der Waals surface area (Å²) in [6.45, 7) is 12.1. The predicted molar refractivity (Wildman–Crippen MR) is 112 cm³/mol. The van der Waals surface area contributed by atoms with Gasteiger partial charge < -0.3 is 24.8 Å². The number of para-hydroxylation sites is 1. The number of morpholine rings is 1. The molecule has 3 rings (SSSR count). The molecule has 2 fully saturated rings. The normalized spacial score (nSPS) is 25.6. The first-order chi connectivity index (χ1) is 13.9. The molecule has 1 aromatic rings. The molecule has 2 aliphatic heterocycles. The predicted octanol–water partition coefficient (Wildman–Crippen LogP) is -1.39. The molecule has 3 atom stereocenters. The molecule has 2 heterocycles. The SMILES string of the molecule is CCc1ccccc1NC(=O)C[NH+]1CCN(C(=O)C[NH+]2C[C@@H](C)O[C@@H](C)C2)CC1. The number of carbonyl (C=O) groups excluding carboxylic acids is 2. The molecule has 1 unspecified atom stereocenters. The molecule has 0 bridgehead atoms. The maximum atomic E-state index is 12.7. The van der Waals surface area contributed by atoms with Gasteiger partial charge in [0.05, 0.1) is 26.2 Å². The molecule has 2 amide bonds. The lowest BCUT2D eigenvalue weighted by Gasteiger charge is -2.35. The van der Waals surface area contributed by atoms with Crippen molar-refractivity contribution in [2.75, 3.05) is 57.7 Å². The highest BCUT2D eigenvalue weighted by atomic mass is 16.5. The molecule has 0 radical (unpaired) electrons. The van der Waals surface area contributed by atoms with Gasteiger partial charge in [0.1, 0.15) is 25.3 Å². The molecular formula is C22H36N4O3+2. The zero-order valence-electron chi connectivity index (χ0n) is 18.0. The summed E-state index contributed by atoms with van der Waals surface area (Å²) in [5, 5.41) is 3.05. The van der Waals surface area contributed by atoms with Crippen LogP contribution in [0.5, 0.6) is 0 Å². The van der Waals surface area contributed by atoms with Crippen molar-refractivity contribution in [3.05, 3.63) is 29.8 Å². The van der Waals surface area contributed by atoms with E-state index in [0.29, 0.717) is 13.1 Å². The van der Waals surface area contributed by atoms with Crippen molar-refractivity contribution in [3.63, 3.8) is 0 Å². The summed E-state index contributed by atoms with van der Waals surface area (Å²) in [5.74, 6) is 0.267. The van der Waals surface area contributed by atoms with Crippen LogP contribution in [0.1, 0.15) is 26.3 Å². The van der Waals surface area contributed by atoms with Crippen LogP contribution < -0.4 is 15.1 Å². The first-order valence-electron chi connectivity index (χ1n) is 10.9. The van der Waals surface area contributed by atoms with Gasteiger partial charge in [-0.05, 0) is 31.9 Å². The minimum absolute atomic E-state index is 0.0430. The Kier molecular flexibility index (Phi) is 7.64. The van der Waals surface area contributed by atoms with Crippen LogP contribution >= 0.6 is 0 Å². The van der Waals surface area contributed by atoms with Gasteiger partial charge >= 0.3 is 0 Å². The average molecular weight is 405 g/mol. The minimum atomic E-state index is 0.0430. The van der Waals surface area contributed by atoms with Gasteiger partial charge in [0.25, 0.3) is 11.8 Å². The summed E-state index contributed by atoms with van der Waals surface area (Å²) in [4.78, 5) is 29.7. The van der Waals surface area contributed by atoms with E-state index < -0.39 is 0 Å². The van der Waals surface area contributed by atoms with E-state index >= 15 is 0 Å². The lowest BCUT2D eigenvalue weighted by Crippen LogP contribution is -3.17. The number of quaternary nitrogens is 2. The maximum Gasteiger partial charge on any atom is 0.279 e. The number of nitrogens with one attached hydrogen (secondary N) is 3. The molecule has 29 heavy (non-hydrogen) atoms. The van der Waals surface area contributed by atoms with Crippen LogP contribution in [0.25, 0.3) is 0 Å². The Bertz CT molecular complexity index is 693. The molecule has 7 heteroatoms. The van der Waals surface area contributed by atoms with Gasteiger partial charge in [-0.2, -0.15) is 0 Å². The van der Waals surface area contributed by atoms with Crippen LogP contribution in [0.4, 0.5) is 5.69 Å². The summed E-state index contributed by atoms with van der Waals surface area (Å²) in [6.07, 6.45) is 1.31. The smallest absolute Gasteiger partial charge is 0.279 e. The molecule has 0 aromatic heterocycles. The average Bonchev–Trinajstić information content (AvgIpc) is 2.68. The fourth-order valence-corrected chi connectivity index (χ4v) is 4.48. The number of piperazine rings is 1. The molecule has 2 saturated heterocycles. The van der Waals surface area contributed by atoms with Gasteiger partial charge in [0, 0.05) is 5.69 Å². The van der Waals surface area contributed by atoms with Crippen molar-refractivity contribution >= 4 is 17.5 Å². The van der Waals surface area contributed by atoms with Crippen molar-refractivity contribution in [1.29, 1.82) is 0 Å². The summed E-state index contributed by atoms with van der Waals surface area (Å²) in [6, 6.07) is 7.95. The first-order valence-corrected chi connectivity index (χ1v) is 10.9. The third kappa shape index (κ3) is 6.26. The minimum Gasteiger partial charge on any atom is -0.364 e. The number of amides is 2. The lowest BCUT2D eigenvalue weighted by atomic mass is 10.1. The van der Waals surface area contributed by atoms with Gasteiger partial charge in [-0.25, -0.2) is 0 Å². The van der Waals surface area contributed by atoms with Gasteiger partial charge in [-0.1, -0.05) is 25.1 Å². The summed E-state index contributed by atoms with van der Waals surface area (Å²) >= 11 is 0. The third-order valence-corrected chi connectivity index (χ3v) is 5.92. The number of nitrogens with zero attached hydrogens (tertiary/aromatic N) is 1. The molecule has 0 spiro atoms. The van der Waals surface area contributed by atoms with E-state index in [9.17, 15) is 9.59 Å². The molecule has 7 nitrogen and oxygen atoms in total. The van der Waals surface area contributed by atoms with E-state index in [4.69, 9.17) is 4.74 Å². The Morgan fingerprint density at radius 2 is 1.72 bits per heavy atom. The van der Waals surface area contributed by atoms with Crippen LogP contribution in [0.3, 0.4) is 0 Å². The van der Waals surface area contributed by atoms with Gasteiger partial charge in [0.2, 0.25) is 0 Å². The molecule has 0 saturated carbocycles. The Morgan fingerprint density at radius 1 is 1.07 bits per heavy atom. The summed E-state index contributed by atoms with van der Waals surface area (Å²) in [5.41, 5.74) is 2.06. The van der Waals surface area contributed by atoms with Gasteiger partial charge in [-0.15, -0.1) is 0 Å². The monoisotopic (exact) mass is 404 g/mol. The van der Waals surface area contributed by atoms with E-state index in [2.05, 4.69) is 26.1 Å². The topological polar surface area (TPSA) is 67.5 Å². The zero-order chi connectivity index (χ0) is 20.8. The van der Waals surface area contributed by atoms with Crippen molar-refractivity contribution in [2.24, 2.45) is 0 Å². The highest BCUT2D eigenvalue weighted by molar-refractivity contribution is 5.92. The molecular weight excluding hydrogens is 368 g/mol. The van der Waals surface area contributed by atoms with Gasteiger partial charge in [-0.3, -0.25) is 9.59 Å². The van der Waals surface area contributed by atoms with E-state index in [0.717, 1.165) is 56.9 Å². The molecule has 160 valence electrons. The number of hydrogen-bond acceptors (Lipinski definition) is 3. The van der Waals surface area contributed by atoms with Crippen LogP contribution in [0.15, 0.2) is 24.3 Å². The number of benzene rings is 1. The number of aryl methyl sites for hydroxylation is 1. The Hall–Kier alpha value is -1.96. The quantitative estimate of drug-likeness (QED) is 0.547.